The van der Waals surface area contributed by atoms with E-state index in [1.54, 1.807) is 6.20 Å². The lowest BCUT2D eigenvalue weighted by Gasteiger charge is -2.50. The van der Waals surface area contributed by atoms with Crippen LogP contribution in [0.1, 0.15) is 37.7 Å². The normalized spacial score (nSPS) is 25.0. The average molecular weight is 322 g/mol. The van der Waals surface area contributed by atoms with E-state index in [1.165, 1.54) is 0 Å². The zero-order valence-electron chi connectivity index (χ0n) is 14.4. The van der Waals surface area contributed by atoms with E-state index in [-0.39, 0.29) is 11.3 Å². The summed E-state index contributed by atoms with van der Waals surface area (Å²) in [5, 5.41) is 4.02. The Hall–Kier alpha value is -2.36. The van der Waals surface area contributed by atoms with Crippen LogP contribution in [0.3, 0.4) is 0 Å². The second-order valence-corrected chi connectivity index (χ2v) is 7.21. The van der Waals surface area contributed by atoms with Crippen molar-refractivity contribution in [2.24, 2.45) is 0 Å². The molecule has 4 rings (SSSR count). The van der Waals surface area contributed by atoms with Crippen molar-refractivity contribution < 1.29 is 9.32 Å². The van der Waals surface area contributed by atoms with E-state index in [1.807, 2.05) is 30.0 Å². The first-order valence-corrected chi connectivity index (χ1v) is 8.52. The Morgan fingerprint density at radius 2 is 2.00 bits per heavy atom. The fourth-order valence-electron chi connectivity index (χ4n) is 4.49. The van der Waals surface area contributed by atoms with Gasteiger partial charge in [-0.25, -0.2) is 0 Å². The second-order valence-electron chi connectivity index (χ2n) is 7.21. The fraction of sp³-hybridized carbons (Fsp3) is 0.400. The van der Waals surface area contributed by atoms with Gasteiger partial charge in [-0.3, -0.25) is 4.79 Å². The summed E-state index contributed by atoms with van der Waals surface area (Å²) < 4.78 is 5.57. The highest BCUT2D eigenvalue weighted by Crippen LogP contribution is 2.53. The number of hydrogen-bond acceptors (Lipinski definition) is 3. The van der Waals surface area contributed by atoms with Crippen LogP contribution in [0.4, 0.5) is 0 Å². The molecule has 0 bridgehead atoms. The molecular formula is C20H22N2O2. The molecule has 1 unspecified atom stereocenters. The van der Waals surface area contributed by atoms with E-state index in [9.17, 15) is 4.79 Å². The predicted molar refractivity (Wildman–Crippen MR) is 91.7 cm³/mol. The molecule has 0 saturated heterocycles. The first kappa shape index (κ1) is 15.2. The number of carbonyl (C=O) groups is 1. The number of benzene rings is 1. The number of rotatable bonds is 2. The summed E-state index contributed by atoms with van der Waals surface area (Å²) in [5.41, 5.74) is 2.22. The lowest BCUT2D eigenvalue weighted by atomic mass is 9.55. The Morgan fingerprint density at radius 3 is 2.71 bits per heavy atom. The molecule has 0 fully saturated rings. The van der Waals surface area contributed by atoms with Crippen LogP contribution in [0.2, 0.25) is 0 Å². The smallest absolute Gasteiger partial charge is 0.238 e. The van der Waals surface area contributed by atoms with Gasteiger partial charge in [-0.05, 0) is 38.3 Å². The molecule has 1 atom stereocenters. The number of aromatic nitrogens is 1. The van der Waals surface area contributed by atoms with E-state index in [4.69, 9.17) is 4.52 Å². The Bertz CT molecular complexity index is 819. The third kappa shape index (κ3) is 1.80. The molecule has 0 radical (unpaired) electrons. The molecule has 4 nitrogen and oxygen atoms in total. The molecule has 1 aromatic carbocycles. The van der Waals surface area contributed by atoms with Crippen LogP contribution >= 0.6 is 0 Å². The molecule has 1 aliphatic carbocycles. The maximum absolute atomic E-state index is 13.6. The van der Waals surface area contributed by atoms with Crippen LogP contribution < -0.4 is 0 Å². The average Bonchev–Trinajstić information content (AvgIpc) is 3.06. The van der Waals surface area contributed by atoms with Crippen LogP contribution in [0.5, 0.6) is 0 Å². The molecule has 0 saturated carbocycles. The monoisotopic (exact) mass is 322 g/mol. The molecule has 0 N–H and O–H groups in total. The largest absolute Gasteiger partial charge is 0.360 e. The van der Waals surface area contributed by atoms with E-state index in [2.05, 4.69) is 37.2 Å². The summed E-state index contributed by atoms with van der Waals surface area (Å²) in [6, 6.07) is 10.2. The molecule has 124 valence electrons. The van der Waals surface area contributed by atoms with Gasteiger partial charge in [0.15, 0.2) is 0 Å². The van der Waals surface area contributed by atoms with Gasteiger partial charge >= 0.3 is 0 Å². The highest BCUT2D eigenvalue weighted by Gasteiger charge is 2.57. The van der Waals surface area contributed by atoms with Gasteiger partial charge in [0, 0.05) is 24.1 Å². The van der Waals surface area contributed by atoms with Crippen LogP contribution in [0, 0.1) is 0 Å². The molecule has 2 heterocycles. The van der Waals surface area contributed by atoms with E-state index < -0.39 is 5.41 Å². The fourth-order valence-corrected chi connectivity index (χ4v) is 4.49. The van der Waals surface area contributed by atoms with Crippen molar-refractivity contribution in [1.82, 2.24) is 10.1 Å². The number of amides is 1. The van der Waals surface area contributed by atoms with E-state index in [0.717, 1.165) is 22.5 Å². The van der Waals surface area contributed by atoms with E-state index >= 15 is 0 Å². The molecule has 1 aromatic heterocycles. The minimum Gasteiger partial charge on any atom is -0.360 e. The quantitative estimate of drug-likeness (QED) is 0.798. The zero-order valence-corrected chi connectivity index (χ0v) is 14.4. The molecule has 0 spiro atoms. The van der Waals surface area contributed by atoms with Crippen LogP contribution in [0.25, 0.3) is 0 Å². The minimum absolute atomic E-state index is 0.189. The van der Waals surface area contributed by atoms with Gasteiger partial charge in [0.25, 0.3) is 0 Å². The summed E-state index contributed by atoms with van der Waals surface area (Å²) in [4.78, 5) is 15.5. The van der Waals surface area contributed by atoms with Crippen LogP contribution in [-0.2, 0) is 22.0 Å². The van der Waals surface area contributed by atoms with Crippen molar-refractivity contribution in [3.63, 3.8) is 0 Å². The lowest BCUT2D eigenvalue weighted by Crippen LogP contribution is -2.57. The summed E-state index contributed by atoms with van der Waals surface area (Å²) in [7, 11) is 0. The number of nitrogens with zero attached hydrogens (tertiary/aromatic N) is 2. The standard InChI is InChI=1S/C20H22N2O2/c1-4-22-11-10-16-19(2,3)17-14(13-21-24-17)12-20(16,18(22)23)15-8-6-5-7-9-15/h5-10,13H,4,11-12H2,1-3H3. The molecule has 1 amide bonds. The van der Waals surface area contributed by atoms with Crippen molar-refractivity contribution in [3.8, 4) is 0 Å². The molecule has 24 heavy (non-hydrogen) atoms. The zero-order chi connectivity index (χ0) is 16.9. The van der Waals surface area contributed by atoms with Crippen molar-refractivity contribution >= 4 is 5.91 Å². The van der Waals surface area contributed by atoms with Gasteiger partial charge in [0.2, 0.25) is 5.91 Å². The number of hydrogen-bond donors (Lipinski definition) is 0. The van der Waals surface area contributed by atoms with Crippen LogP contribution in [-0.4, -0.2) is 29.1 Å². The molecule has 2 aromatic rings. The topological polar surface area (TPSA) is 46.3 Å². The summed E-state index contributed by atoms with van der Waals surface area (Å²) in [5.74, 6) is 1.08. The van der Waals surface area contributed by atoms with Crippen molar-refractivity contribution in [2.45, 2.75) is 38.0 Å². The van der Waals surface area contributed by atoms with Gasteiger partial charge in [-0.2, -0.15) is 0 Å². The third-order valence-electron chi connectivity index (χ3n) is 5.62. The number of carbonyl (C=O) groups excluding carboxylic acids is 1. The molecule has 1 aliphatic heterocycles. The van der Waals surface area contributed by atoms with Gasteiger partial charge in [0.05, 0.1) is 6.20 Å². The van der Waals surface area contributed by atoms with Crippen molar-refractivity contribution in [3.05, 3.63) is 65.1 Å². The van der Waals surface area contributed by atoms with Crippen molar-refractivity contribution in [2.75, 3.05) is 13.1 Å². The lowest BCUT2D eigenvalue weighted by molar-refractivity contribution is -0.136. The second kappa shape index (κ2) is 5.07. The van der Waals surface area contributed by atoms with Gasteiger partial charge in [-0.15, -0.1) is 0 Å². The van der Waals surface area contributed by atoms with E-state index in [0.29, 0.717) is 19.5 Å². The Kier molecular flexibility index (Phi) is 3.21. The van der Waals surface area contributed by atoms with Gasteiger partial charge < -0.3 is 9.42 Å². The molecule has 2 aliphatic rings. The number of likely N-dealkylation sites (N-methyl/N-ethyl adjacent to an activating group) is 1. The first-order valence-electron chi connectivity index (χ1n) is 8.52. The van der Waals surface area contributed by atoms with Gasteiger partial charge in [0.1, 0.15) is 11.2 Å². The summed E-state index contributed by atoms with van der Waals surface area (Å²) >= 11 is 0. The molecular weight excluding hydrogens is 300 g/mol. The van der Waals surface area contributed by atoms with Crippen LogP contribution in [0.15, 0.2) is 52.7 Å². The van der Waals surface area contributed by atoms with Crippen molar-refractivity contribution in [1.29, 1.82) is 0 Å². The van der Waals surface area contributed by atoms with Gasteiger partial charge in [-0.1, -0.05) is 41.6 Å². The minimum atomic E-state index is -0.655. The maximum atomic E-state index is 13.6. The highest BCUT2D eigenvalue weighted by atomic mass is 16.5. The Morgan fingerprint density at radius 1 is 1.25 bits per heavy atom. The Labute approximate surface area is 142 Å². The SMILES string of the molecule is CCN1CC=C2C(C)(C)c3oncc3CC2(c2ccccc2)C1=O. The summed E-state index contributed by atoms with van der Waals surface area (Å²) in [6.07, 6.45) is 4.61. The number of fused-ring (bicyclic) bond motifs is 2. The highest BCUT2D eigenvalue weighted by molar-refractivity contribution is 5.95. The summed E-state index contributed by atoms with van der Waals surface area (Å²) in [6.45, 7) is 7.68. The third-order valence-corrected chi connectivity index (χ3v) is 5.62. The first-order chi connectivity index (χ1) is 11.5. The maximum Gasteiger partial charge on any atom is 0.238 e. The molecule has 4 heteroatoms. The predicted octanol–water partition coefficient (Wildman–Crippen LogP) is 3.23. The Balaban J connectivity index is 2.03.